The quantitative estimate of drug-likeness (QED) is 0.324. The van der Waals surface area contributed by atoms with E-state index >= 15 is 4.39 Å². The van der Waals surface area contributed by atoms with Gasteiger partial charge >= 0.3 is 0 Å². The lowest BCUT2D eigenvalue weighted by Gasteiger charge is -2.36. The Bertz CT molecular complexity index is 1440. The van der Waals surface area contributed by atoms with Crippen molar-refractivity contribution in [2.24, 2.45) is 17.8 Å². The summed E-state index contributed by atoms with van der Waals surface area (Å²) in [5.41, 5.74) is 0.642. The molecule has 2 aromatic rings. The van der Waals surface area contributed by atoms with E-state index in [4.69, 9.17) is 4.74 Å². The number of rotatable bonds is 8. The summed E-state index contributed by atoms with van der Waals surface area (Å²) in [4.78, 5) is 35.1. The van der Waals surface area contributed by atoms with E-state index in [1.807, 2.05) is 30.3 Å². The number of methoxy groups -OCH3 is 1. The molecule has 0 bridgehead atoms. The first kappa shape index (κ1) is 34.7. The second kappa shape index (κ2) is 14.3. The summed E-state index contributed by atoms with van der Waals surface area (Å²) < 4.78 is 37.9. The smallest absolute Gasteiger partial charge is 0.262 e. The van der Waals surface area contributed by atoms with Crippen LogP contribution in [0.4, 0.5) is 14.5 Å². The van der Waals surface area contributed by atoms with Gasteiger partial charge in [-0.1, -0.05) is 38.5 Å². The van der Waals surface area contributed by atoms with Crippen LogP contribution < -0.4 is 9.64 Å². The number of hydrogen-bond donors (Lipinski definition) is 0. The molecule has 0 unspecified atom stereocenters. The number of benzene rings is 2. The Balaban J connectivity index is 1.25. The first-order valence-electron chi connectivity index (χ1n) is 18.1. The van der Waals surface area contributed by atoms with Gasteiger partial charge in [0.2, 0.25) is 11.6 Å². The summed E-state index contributed by atoms with van der Waals surface area (Å²) in [6, 6.07) is 12.8. The fraction of sp³-hybridized carbons (Fsp3) is 0.641. The van der Waals surface area contributed by atoms with Crippen molar-refractivity contribution < 1.29 is 23.1 Å². The first-order chi connectivity index (χ1) is 23.0. The van der Waals surface area contributed by atoms with Crippen LogP contribution >= 0.6 is 0 Å². The third-order valence-electron chi connectivity index (χ3n) is 12.0. The van der Waals surface area contributed by atoms with Gasteiger partial charge in [-0.05, 0) is 85.8 Å². The number of carbonyl (C=O) groups excluding carboxylic acids is 2. The van der Waals surface area contributed by atoms with Crippen molar-refractivity contribution in [3.63, 3.8) is 0 Å². The van der Waals surface area contributed by atoms with E-state index in [1.54, 1.807) is 37.1 Å². The number of piperidine rings is 1. The van der Waals surface area contributed by atoms with Crippen molar-refractivity contribution in [1.29, 1.82) is 0 Å². The molecule has 4 aliphatic rings. The number of nitrogens with zero attached hydrogens (tertiary/aromatic N) is 4. The van der Waals surface area contributed by atoms with E-state index in [1.165, 1.54) is 6.07 Å². The molecule has 1 saturated carbocycles. The fourth-order valence-electron chi connectivity index (χ4n) is 9.06. The van der Waals surface area contributed by atoms with Gasteiger partial charge in [0, 0.05) is 82.8 Å². The molecule has 3 saturated heterocycles. The van der Waals surface area contributed by atoms with Gasteiger partial charge in [0.25, 0.3) is 5.91 Å². The average molecular weight is 665 g/mol. The molecule has 0 N–H and O–H groups in total. The minimum atomic E-state index is -2.04. The van der Waals surface area contributed by atoms with Crippen molar-refractivity contribution in [3.05, 3.63) is 59.4 Å². The Morgan fingerprint density at radius 3 is 2.27 bits per heavy atom. The largest absolute Gasteiger partial charge is 0.497 e. The summed E-state index contributed by atoms with van der Waals surface area (Å²) in [5, 5.41) is 0. The van der Waals surface area contributed by atoms with E-state index < -0.39 is 17.5 Å². The standard InChI is InChI=1S/C39H54F2N4O3/c1-6-27-22-44(23-34(27)33-16-11-30(40)21-36(33)43-19-17-29(18-20-43)37(46)42(3)4)38(47)39(41)25-45(31-12-7-26(2)8-13-31)24-35(39)28-9-14-32(48-5)15-10-28/h9-11,14-16,21,26-27,29,31,34-35H,6-8,12-13,17-20,22-25H2,1-5H3/t26?,27-,31?,34-,35-,39-/m0/s1. The highest BCUT2D eigenvalue weighted by atomic mass is 19.1. The number of ether oxygens (including phenoxy) is 1. The van der Waals surface area contributed by atoms with Crippen LogP contribution in [0.25, 0.3) is 0 Å². The normalized spacial score (nSPS) is 30.1. The molecular formula is C39H54F2N4O3. The van der Waals surface area contributed by atoms with Crippen LogP contribution in [0.3, 0.4) is 0 Å². The van der Waals surface area contributed by atoms with Crippen LogP contribution in [0.2, 0.25) is 0 Å². The Morgan fingerprint density at radius 2 is 1.65 bits per heavy atom. The zero-order valence-electron chi connectivity index (χ0n) is 29.5. The van der Waals surface area contributed by atoms with Crippen molar-refractivity contribution in [2.75, 3.05) is 65.4 Å². The molecule has 2 amide bonds. The molecule has 4 fully saturated rings. The highest BCUT2D eigenvalue weighted by molar-refractivity contribution is 5.88. The Hall–Kier alpha value is -3.20. The zero-order chi connectivity index (χ0) is 34.2. The van der Waals surface area contributed by atoms with Crippen LogP contribution in [0.15, 0.2) is 42.5 Å². The second-order valence-corrected chi connectivity index (χ2v) is 15.2. The molecule has 7 nitrogen and oxygen atoms in total. The monoisotopic (exact) mass is 664 g/mol. The highest BCUT2D eigenvalue weighted by Gasteiger charge is 2.57. The van der Waals surface area contributed by atoms with Gasteiger partial charge < -0.3 is 19.4 Å². The number of hydrogen-bond acceptors (Lipinski definition) is 5. The lowest BCUT2D eigenvalue weighted by molar-refractivity contribution is -0.143. The van der Waals surface area contributed by atoms with Crippen LogP contribution in [-0.2, 0) is 9.59 Å². The molecule has 0 spiro atoms. The average Bonchev–Trinajstić information content (AvgIpc) is 3.70. The molecular weight excluding hydrogens is 610 g/mol. The molecule has 9 heteroatoms. The fourth-order valence-corrected chi connectivity index (χ4v) is 9.06. The molecule has 2 aromatic carbocycles. The topological polar surface area (TPSA) is 56.3 Å². The predicted octanol–water partition coefficient (Wildman–Crippen LogP) is 6.48. The van der Waals surface area contributed by atoms with Gasteiger partial charge in [0.1, 0.15) is 11.6 Å². The summed E-state index contributed by atoms with van der Waals surface area (Å²) in [7, 11) is 5.20. The molecule has 3 aliphatic heterocycles. The molecule has 4 atom stereocenters. The molecule has 1 aliphatic carbocycles. The number of carbonyl (C=O) groups is 2. The third-order valence-corrected chi connectivity index (χ3v) is 12.0. The minimum Gasteiger partial charge on any atom is -0.497 e. The molecule has 0 aromatic heterocycles. The summed E-state index contributed by atoms with van der Waals surface area (Å²) in [5.74, 6) is 0.330. The van der Waals surface area contributed by atoms with E-state index in [0.29, 0.717) is 63.3 Å². The third kappa shape index (κ3) is 6.81. The summed E-state index contributed by atoms with van der Waals surface area (Å²) >= 11 is 0. The van der Waals surface area contributed by atoms with Crippen LogP contribution in [0.1, 0.15) is 81.8 Å². The molecule has 6 rings (SSSR count). The van der Waals surface area contributed by atoms with Crippen molar-refractivity contribution in [3.8, 4) is 5.75 Å². The second-order valence-electron chi connectivity index (χ2n) is 15.2. The van der Waals surface area contributed by atoms with Gasteiger partial charge in [-0.15, -0.1) is 0 Å². The molecule has 262 valence electrons. The maximum Gasteiger partial charge on any atom is 0.262 e. The van der Waals surface area contributed by atoms with Crippen LogP contribution in [-0.4, -0.2) is 98.7 Å². The molecule has 3 heterocycles. The Labute approximate surface area is 285 Å². The SMILES string of the molecule is CC[C@H]1CN(C(=O)[C@]2(F)CN(C3CCC(C)CC3)C[C@H]2c2ccc(OC)cc2)C[C@@H]1c1ccc(F)cc1N1CCC(C(=O)N(C)C)CC1. The number of anilines is 1. The van der Waals surface area contributed by atoms with Gasteiger partial charge in [0.15, 0.2) is 0 Å². The predicted molar refractivity (Wildman–Crippen MR) is 186 cm³/mol. The zero-order valence-corrected chi connectivity index (χ0v) is 29.5. The Kier molecular flexibility index (Phi) is 10.4. The van der Waals surface area contributed by atoms with E-state index in [9.17, 15) is 14.0 Å². The van der Waals surface area contributed by atoms with Crippen LogP contribution in [0.5, 0.6) is 5.75 Å². The minimum absolute atomic E-state index is 0.0291. The van der Waals surface area contributed by atoms with E-state index in [2.05, 4.69) is 23.6 Å². The maximum atomic E-state index is 17.8. The van der Waals surface area contributed by atoms with Gasteiger partial charge in [-0.2, -0.15) is 0 Å². The number of likely N-dealkylation sites (tertiary alicyclic amines) is 2. The lowest BCUT2D eigenvalue weighted by Crippen LogP contribution is -2.50. The van der Waals surface area contributed by atoms with Gasteiger partial charge in [-0.25, -0.2) is 8.78 Å². The molecule has 0 radical (unpaired) electrons. The Morgan fingerprint density at radius 1 is 0.958 bits per heavy atom. The number of halogens is 2. The van der Waals surface area contributed by atoms with E-state index in [0.717, 1.165) is 48.9 Å². The highest BCUT2D eigenvalue weighted by Crippen LogP contribution is 2.47. The number of amides is 2. The van der Waals surface area contributed by atoms with Crippen molar-refractivity contribution >= 4 is 17.5 Å². The van der Waals surface area contributed by atoms with Crippen molar-refractivity contribution in [2.45, 2.75) is 82.3 Å². The van der Waals surface area contributed by atoms with Gasteiger partial charge in [-0.3, -0.25) is 14.5 Å². The molecule has 48 heavy (non-hydrogen) atoms. The summed E-state index contributed by atoms with van der Waals surface area (Å²) in [6.45, 7) is 7.28. The summed E-state index contributed by atoms with van der Waals surface area (Å²) in [6.07, 6.45) is 6.61. The maximum absolute atomic E-state index is 17.8. The lowest BCUT2D eigenvalue weighted by atomic mass is 9.85. The van der Waals surface area contributed by atoms with Gasteiger partial charge in [0.05, 0.1) is 7.11 Å². The first-order valence-corrected chi connectivity index (χ1v) is 18.1. The van der Waals surface area contributed by atoms with Crippen molar-refractivity contribution in [1.82, 2.24) is 14.7 Å². The number of alkyl halides is 1. The van der Waals surface area contributed by atoms with Crippen LogP contribution in [0, 0.1) is 23.6 Å². The van der Waals surface area contributed by atoms with E-state index in [-0.39, 0.29) is 36.0 Å².